The number of carbonyl (C=O) groups excluding carboxylic acids is 1. The van der Waals surface area contributed by atoms with E-state index in [-0.39, 0.29) is 26.2 Å². The molecule has 0 spiro atoms. The second-order valence-corrected chi connectivity index (χ2v) is 6.09. The van der Waals surface area contributed by atoms with E-state index in [1.54, 1.807) is 26.8 Å². The summed E-state index contributed by atoms with van der Waals surface area (Å²) in [6, 6.07) is -0.873. The Labute approximate surface area is 121 Å². The van der Waals surface area contributed by atoms with Gasteiger partial charge in [-0.25, -0.2) is 0 Å². The Morgan fingerprint density at radius 3 is 2.10 bits per heavy atom. The summed E-state index contributed by atoms with van der Waals surface area (Å²) in [4.78, 5) is 11.6. The largest absolute Gasteiger partial charge is 0.465 e. The number of carbonyl (C=O) groups is 1. The van der Waals surface area contributed by atoms with E-state index in [9.17, 15) is 9.36 Å². The molecule has 2 N–H and O–H groups in total. The number of ether oxygens (including phenoxy) is 1. The van der Waals surface area contributed by atoms with Gasteiger partial charge in [0.25, 0.3) is 0 Å². The van der Waals surface area contributed by atoms with Crippen LogP contribution >= 0.6 is 7.60 Å². The highest BCUT2D eigenvalue weighted by Gasteiger charge is 2.32. The molecule has 0 aliphatic heterocycles. The quantitative estimate of drug-likeness (QED) is 0.493. The first-order chi connectivity index (χ1) is 9.45. The van der Waals surface area contributed by atoms with Crippen LogP contribution < -0.4 is 5.73 Å². The van der Waals surface area contributed by atoms with E-state index >= 15 is 0 Å². The topological polar surface area (TPSA) is 87.9 Å². The third-order valence-corrected chi connectivity index (χ3v) is 4.67. The van der Waals surface area contributed by atoms with Crippen molar-refractivity contribution < 1.29 is 23.1 Å². The lowest BCUT2D eigenvalue weighted by molar-refractivity contribution is -0.144. The summed E-state index contributed by atoms with van der Waals surface area (Å²) in [7, 11) is -3.39. The van der Waals surface area contributed by atoms with Crippen LogP contribution in [0.4, 0.5) is 0 Å². The second kappa shape index (κ2) is 10.1. The van der Waals surface area contributed by atoms with Crippen molar-refractivity contribution in [2.45, 2.75) is 46.6 Å². The van der Waals surface area contributed by atoms with Crippen LogP contribution in [0.1, 0.15) is 40.5 Å². The van der Waals surface area contributed by atoms with Crippen molar-refractivity contribution in [1.82, 2.24) is 0 Å². The predicted octanol–water partition coefficient (Wildman–Crippen LogP) is 2.83. The fourth-order valence-electron chi connectivity index (χ4n) is 1.64. The maximum absolute atomic E-state index is 12.7. The number of nitrogens with two attached hydrogens (primary N) is 1. The van der Waals surface area contributed by atoms with Gasteiger partial charge in [-0.3, -0.25) is 9.36 Å². The van der Waals surface area contributed by atoms with Crippen molar-refractivity contribution in [3.05, 3.63) is 11.4 Å². The highest BCUT2D eigenvalue weighted by molar-refractivity contribution is 7.58. The monoisotopic (exact) mass is 307 g/mol. The minimum absolute atomic E-state index is 0.101. The molecule has 0 aromatic rings. The summed E-state index contributed by atoms with van der Waals surface area (Å²) in [5.41, 5.74) is 5.78. The zero-order valence-electron chi connectivity index (χ0n) is 12.8. The SMILES string of the molecule is CC/C=C(/C[C@H](N)C(=O)OCC)P(=O)(OCC)OCC. The molecular formula is C13H26NO5P. The van der Waals surface area contributed by atoms with Gasteiger partial charge in [0.15, 0.2) is 0 Å². The first kappa shape index (κ1) is 19.3. The van der Waals surface area contributed by atoms with Crippen LogP contribution in [0.2, 0.25) is 0 Å². The van der Waals surface area contributed by atoms with Crippen molar-refractivity contribution >= 4 is 13.6 Å². The van der Waals surface area contributed by atoms with E-state index in [0.717, 1.165) is 0 Å². The van der Waals surface area contributed by atoms with Gasteiger partial charge in [0, 0.05) is 11.7 Å². The first-order valence-electron chi connectivity index (χ1n) is 6.95. The standard InChI is InChI=1S/C13H26NO5P/c1-5-9-11(10-12(14)13(15)17-6-2)20(16,18-7-3)19-8-4/h9,12H,5-8,10,14H2,1-4H3/b11-9-/t12-/m0/s1. The van der Waals surface area contributed by atoms with E-state index in [2.05, 4.69) is 0 Å². The van der Waals surface area contributed by atoms with Gasteiger partial charge in [-0.05, 0) is 27.2 Å². The fourth-order valence-corrected chi connectivity index (χ4v) is 3.56. The van der Waals surface area contributed by atoms with Crippen molar-refractivity contribution in [2.24, 2.45) is 5.73 Å². The zero-order valence-corrected chi connectivity index (χ0v) is 13.7. The summed E-state index contributed by atoms with van der Waals surface area (Å²) >= 11 is 0. The maximum atomic E-state index is 12.7. The van der Waals surface area contributed by atoms with Crippen LogP contribution in [0.25, 0.3) is 0 Å². The average molecular weight is 307 g/mol. The average Bonchev–Trinajstić information content (AvgIpc) is 2.39. The van der Waals surface area contributed by atoms with Crippen LogP contribution in [0.3, 0.4) is 0 Å². The number of hydrogen-bond donors (Lipinski definition) is 1. The lowest BCUT2D eigenvalue weighted by atomic mass is 10.2. The van der Waals surface area contributed by atoms with Gasteiger partial charge < -0.3 is 19.5 Å². The third-order valence-electron chi connectivity index (χ3n) is 2.41. The Morgan fingerprint density at radius 1 is 1.15 bits per heavy atom. The highest BCUT2D eigenvalue weighted by Crippen LogP contribution is 2.57. The summed E-state index contributed by atoms with van der Waals surface area (Å²) in [6.45, 7) is 7.85. The van der Waals surface area contributed by atoms with Crippen LogP contribution in [0.5, 0.6) is 0 Å². The van der Waals surface area contributed by atoms with E-state index in [1.807, 2.05) is 6.92 Å². The van der Waals surface area contributed by atoms with Gasteiger partial charge in [-0.15, -0.1) is 0 Å². The summed E-state index contributed by atoms with van der Waals surface area (Å²) in [5.74, 6) is -0.519. The molecule has 0 aromatic heterocycles. The van der Waals surface area contributed by atoms with E-state index in [0.29, 0.717) is 11.7 Å². The van der Waals surface area contributed by atoms with Crippen LogP contribution in [0.15, 0.2) is 11.4 Å². The van der Waals surface area contributed by atoms with Gasteiger partial charge >= 0.3 is 13.6 Å². The Bertz CT molecular complexity index is 360. The first-order valence-corrected chi connectivity index (χ1v) is 8.50. The van der Waals surface area contributed by atoms with Crippen molar-refractivity contribution in [3.63, 3.8) is 0 Å². The molecule has 0 aliphatic carbocycles. The van der Waals surface area contributed by atoms with Crippen molar-refractivity contribution in [2.75, 3.05) is 19.8 Å². The molecule has 0 aliphatic rings. The van der Waals surface area contributed by atoms with Gasteiger partial charge in [0.1, 0.15) is 6.04 Å². The normalized spacial score (nSPS) is 14.2. The Morgan fingerprint density at radius 2 is 1.70 bits per heavy atom. The Kier molecular flexibility index (Phi) is 9.76. The molecule has 20 heavy (non-hydrogen) atoms. The summed E-state index contributed by atoms with van der Waals surface area (Å²) < 4.78 is 28.1. The van der Waals surface area contributed by atoms with E-state index < -0.39 is 19.6 Å². The van der Waals surface area contributed by atoms with Gasteiger partial charge in [0.05, 0.1) is 19.8 Å². The molecule has 0 unspecified atom stereocenters. The van der Waals surface area contributed by atoms with Gasteiger partial charge in [-0.2, -0.15) is 0 Å². The predicted molar refractivity (Wildman–Crippen MR) is 78.5 cm³/mol. The van der Waals surface area contributed by atoms with Crippen LogP contribution in [-0.2, 0) is 23.1 Å². The lowest BCUT2D eigenvalue weighted by Gasteiger charge is -2.22. The summed E-state index contributed by atoms with van der Waals surface area (Å²) in [6.07, 6.45) is 2.49. The molecule has 1 atom stereocenters. The minimum Gasteiger partial charge on any atom is -0.465 e. The molecular weight excluding hydrogens is 281 g/mol. The third kappa shape index (κ3) is 6.18. The van der Waals surface area contributed by atoms with Crippen molar-refractivity contribution in [1.29, 1.82) is 0 Å². The molecule has 0 bridgehead atoms. The molecule has 118 valence electrons. The fraction of sp³-hybridized carbons (Fsp3) is 0.769. The molecule has 0 aromatic carbocycles. The molecule has 6 nitrogen and oxygen atoms in total. The smallest absolute Gasteiger partial charge is 0.357 e. The molecule has 0 saturated heterocycles. The van der Waals surface area contributed by atoms with Crippen LogP contribution in [0, 0.1) is 0 Å². The van der Waals surface area contributed by atoms with Crippen molar-refractivity contribution in [3.8, 4) is 0 Å². The molecule has 7 heteroatoms. The number of hydrogen-bond acceptors (Lipinski definition) is 6. The summed E-state index contributed by atoms with van der Waals surface area (Å²) in [5, 5.41) is 0.434. The molecule has 0 saturated carbocycles. The minimum atomic E-state index is -3.39. The van der Waals surface area contributed by atoms with Crippen LogP contribution in [-0.4, -0.2) is 31.8 Å². The molecule has 0 fully saturated rings. The Balaban J connectivity index is 5.08. The molecule has 0 heterocycles. The van der Waals surface area contributed by atoms with E-state index in [4.69, 9.17) is 19.5 Å². The zero-order chi connectivity index (χ0) is 15.6. The molecule has 0 rings (SSSR count). The second-order valence-electron chi connectivity index (χ2n) is 4.00. The molecule has 0 amide bonds. The Hall–Kier alpha value is -0.680. The lowest BCUT2D eigenvalue weighted by Crippen LogP contribution is -2.32. The van der Waals surface area contributed by atoms with E-state index in [1.165, 1.54) is 0 Å². The number of allylic oxidation sites excluding steroid dienone is 1. The number of esters is 1. The molecule has 0 radical (unpaired) electrons. The maximum Gasteiger partial charge on any atom is 0.357 e. The van der Waals surface area contributed by atoms with Gasteiger partial charge in [0.2, 0.25) is 0 Å². The highest BCUT2D eigenvalue weighted by atomic mass is 31.2. The number of rotatable bonds is 10. The van der Waals surface area contributed by atoms with Gasteiger partial charge in [-0.1, -0.05) is 13.0 Å².